The first-order valence-corrected chi connectivity index (χ1v) is 5.40. The minimum Gasteiger partial charge on any atom is -0.327 e. The molecule has 0 aliphatic carbocycles. The molecule has 1 unspecified atom stereocenters. The summed E-state index contributed by atoms with van der Waals surface area (Å²) < 4.78 is 0. The fraction of sp³-hybridized carbons (Fsp3) is 0.462. The Labute approximate surface area is 91.5 Å². The van der Waals surface area contributed by atoms with Crippen LogP contribution in [0.1, 0.15) is 41.3 Å². The van der Waals surface area contributed by atoms with Crippen molar-refractivity contribution in [1.29, 1.82) is 0 Å². The maximum absolute atomic E-state index is 11.8. The highest BCUT2D eigenvalue weighted by Crippen LogP contribution is 2.12. The van der Waals surface area contributed by atoms with Gasteiger partial charge < -0.3 is 5.73 Å². The van der Waals surface area contributed by atoms with Crippen LogP contribution in [0.15, 0.2) is 18.2 Å². The van der Waals surface area contributed by atoms with Gasteiger partial charge >= 0.3 is 0 Å². The molecule has 0 radical (unpaired) electrons. The van der Waals surface area contributed by atoms with Crippen molar-refractivity contribution in [3.05, 3.63) is 34.9 Å². The second-order valence-electron chi connectivity index (χ2n) is 4.17. The Morgan fingerprint density at radius 2 is 1.80 bits per heavy atom. The molecule has 0 bridgehead atoms. The van der Waals surface area contributed by atoms with Gasteiger partial charge in [-0.1, -0.05) is 24.1 Å². The van der Waals surface area contributed by atoms with Crippen LogP contribution in [0.2, 0.25) is 0 Å². The molecule has 0 saturated carbocycles. The van der Waals surface area contributed by atoms with Gasteiger partial charge in [0.2, 0.25) is 0 Å². The second kappa shape index (κ2) is 5.08. The molecule has 1 aromatic carbocycles. The summed E-state index contributed by atoms with van der Waals surface area (Å²) in [5.74, 6) is 0.149. The molecule has 1 rings (SSSR count). The molecule has 0 aromatic heterocycles. The molecule has 0 spiro atoms. The van der Waals surface area contributed by atoms with Crippen molar-refractivity contribution in [2.24, 2.45) is 5.73 Å². The van der Waals surface area contributed by atoms with Crippen molar-refractivity contribution in [2.75, 3.05) is 0 Å². The minimum absolute atomic E-state index is 0.0154. The van der Waals surface area contributed by atoms with Crippen molar-refractivity contribution in [3.8, 4) is 0 Å². The Hall–Kier alpha value is -1.15. The average molecular weight is 205 g/mol. The molecule has 0 aliphatic rings. The van der Waals surface area contributed by atoms with E-state index in [1.54, 1.807) is 0 Å². The summed E-state index contributed by atoms with van der Waals surface area (Å²) in [5.41, 5.74) is 8.81. The first kappa shape index (κ1) is 11.9. The monoisotopic (exact) mass is 205 g/mol. The predicted octanol–water partition coefficient (Wildman–Crippen LogP) is 2.61. The highest BCUT2D eigenvalue weighted by molar-refractivity contribution is 5.96. The van der Waals surface area contributed by atoms with Crippen LogP contribution in [-0.2, 0) is 0 Å². The molecule has 0 saturated heterocycles. The standard InChI is InChI=1S/C13H19NO/c1-4-12(14)8-13(15)11-6-9(2)5-10(3)7-11/h5-7,12H,4,8,14H2,1-3H3. The van der Waals surface area contributed by atoms with Crippen molar-refractivity contribution in [2.45, 2.75) is 39.7 Å². The number of benzene rings is 1. The van der Waals surface area contributed by atoms with E-state index in [1.165, 1.54) is 0 Å². The van der Waals surface area contributed by atoms with E-state index < -0.39 is 0 Å². The number of carbonyl (C=O) groups excluding carboxylic acids is 1. The summed E-state index contributed by atoms with van der Waals surface area (Å²) in [6.45, 7) is 6.01. The summed E-state index contributed by atoms with van der Waals surface area (Å²) >= 11 is 0. The maximum atomic E-state index is 11.8. The lowest BCUT2D eigenvalue weighted by molar-refractivity contribution is 0.0973. The smallest absolute Gasteiger partial charge is 0.164 e. The van der Waals surface area contributed by atoms with E-state index >= 15 is 0 Å². The topological polar surface area (TPSA) is 43.1 Å². The van der Waals surface area contributed by atoms with E-state index in [-0.39, 0.29) is 11.8 Å². The number of Topliss-reactive ketones (excluding diaryl/α,β-unsaturated/α-hetero) is 1. The maximum Gasteiger partial charge on any atom is 0.164 e. The van der Waals surface area contributed by atoms with E-state index in [2.05, 4.69) is 6.07 Å². The van der Waals surface area contributed by atoms with Gasteiger partial charge in [0.05, 0.1) is 0 Å². The van der Waals surface area contributed by atoms with Gasteiger partial charge in [-0.05, 0) is 32.4 Å². The summed E-state index contributed by atoms with van der Waals surface area (Å²) in [7, 11) is 0. The Kier molecular flexibility index (Phi) is 4.04. The van der Waals surface area contributed by atoms with Crippen molar-refractivity contribution in [3.63, 3.8) is 0 Å². The molecule has 82 valence electrons. The van der Waals surface area contributed by atoms with Gasteiger partial charge in [-0.25, -0.2) is 0 Å². The molecule has 1 atom stereocenters. The van der Waals surface area contributed by atoms with E-state index in [9.17, 15) is 4.79 Å². The summed E-state index contributed by atoms with van der Waals surface area (Å²) in [5, 5.41) is 0. The lowest BCUT2D eigenvalue weighted by atomic mass is 9.99. The lowest BCUT2D eigenvalue weighted by Crippen LogP contribution is -2.22. The van der Waals surface area contributed by atoms with Crippen molar-refractivity contribution in [1.82, 2.24) is 0 Å². The third-order valence-electron chi connectivity index (χ3n) is 2.52. The third-order valence-corrected chi connectivity index (χ3v) is 2.52. The van der Waals surface area contributed by atoms with Crippen molar-refractivity contribution < 1.29 is 4.79 Å². The van der Waals surface area contributed by atoms with Crippen LogP contribution < -0.4 is 5.73 Å². The third kappa shape index (κ3) is 3.48. The molecule has 1 aromatic rings. The SMILES string of the molecule is CCC(N)CC(=O)c1cc(C)cc(C)c1. The normalized spacial score (nSPS) is 12.5. The number of aryl methyl sites for hydroxylation is 2. The van der Waals surface area contributed by atoms with Gasteiger partial charge in [0.15, 0.2) is 5.78 Å². The minimum atomic E-state index is -0.0154. The van der Waals surface area contributed by atoms with Crippen LogP contribution in [0.5, 0.6) is 0 Å². The number of hydrogen-bond acceptors (Lipinski definition) is 2. The fourth-order valence-electron chi connectivity index (χ4n) is 1.64. The summed E-state index contributed by atoms with van der Waals surface area (Å²) in [6.07, 6.45) is 1.29. The zero-order valence-corrected chi connectivity index (χ0v) is 9.71. The van der Waals surface area contributed by atoms with E-state index in [0.717, 1.165) is 23.1 Å². The van der Waals surface area contributed by atoms with Crippen LogP contribution in [0, 0.1) is 13.8 Å². The molecule has 2 N–H and O–H groups in total. The molecular weight excluding hydrogens is 186 g/mol. The Bertz CT molecular complexity index is 337. The molecule has 2 heteroatoms. The van der Waals surface area contributed by atoms with Crippen LogP contribution >= 0.6 is 0 Å². The number of ketones is 1. The quantitative estimate of drug-likeness (QED) is 0.768. The molecule has 2 nitrogen and oxygen atoms in total. The number of nitrogens with two attached hydrogens (primary N) is 1. The Morgan fingerprint density at radius 1 is 1.27 bits per heavy atom. The largest absolute Gasteiger partial charge is 0.327 e. The predicted molar refractivity (Wildman–Crippen MR) is 63.1 cm³/mol. The highest BCUT2D eigenvalue weighted by atomic mass is 16.1. The number of carbonyl (C=O) groups is 1. The van der Waals surface area contributed by atoms with Crippen molar-refractivity contribution >= 4 is 5.78 Å². The van der Waals surface area contributed by atoms with E-state index in [0.29, 0.717) is 6.42 Å². The second-order valence-corrected chi connectivity index (χ2v) is 4.17. The molecule has 15 heavy (non-hydrogen) atoms. The van der Waals surface area contributed by atoms with Crippen LogP contribution in [-0.4, -0.2) is 11.8 Å². The number of rotatable bonds is 4. The average Bonchev–Trinajstić information content (AvgIpc) is 2.16. The summed E-state index contributed by atoms with van der Waals surface area (Å²) in [6, 6.07) is 5.91. The zero-order chi connectivity index (χ0) is 11.4. The van der Waals surface area contributed by atoms with E-state index in [4.69, 9.17) is 5.73 Å². The Balaban J connectivity index is 2.82. The number of hydrogen-bond donors (Lipinski definition) is 1. The van der Waals surface area contributed by atoms with Gasteiger partial charge in [-0.2, -0.15) is 0 Å². The first-order chi connectivity index (χ1) is 7.02. The van der Waals surface area contributed by atoms with Gasteiger partial charge in [0.25, 0.3) is 0 Å². The summed E-state index contributed by atoms with van der Waals surface area (Å²) in [4.78, 5) is 11.8. The van der Waals surface area contributed by atoms with Crippen LogP contribution in [0.4, 0.5) is 0 Å². The highest BCUT2D eigenvalue weighted by Gasteiger charge is 2.10. The molecule has 0 fully saturated rings. The molecule has 0 heterocycles. The van der Waals surface area contributed by atoms with E-state index in [1.807, 2.05) is 32.9 Å². The zero-order valence-electron chi connectivity index (χ0n) is 9.71. The van der Waals surface area contributed by atoms with Crippen LogP contribution in [0.3, 0.4) is 0 Å². The lowest BCUT2D eigenvalue weighted by Gasteiger charge is -2.08. The molecule has 0 amide bonds. The molecule has 0 aliphatic heterocycles. The Morgan fingerprint density at radius 3 is 2.27 bits per heavy atom. The van der Waals surface area contributed by atoms with Gasteiger partial charge in [-0.15, -0.1) is 0 Å². The fourth-order valence-corrected chi connectivity index (χ4v) is 1.64. The van der Waals surface area contributed by atoms with Gasteiger partial charge in [0, 0.05) is 18.0 Å². The van der Waals surface area contributed by atoms with Gasteiger partial charge in [-0.3, -0.25) is 4.79 Å². The van der Waals surface area contributed by atoms with Crippen LogP contribution in [0.25, 0.3) is 0 Å². The first-order valence-electron chi connectivity index (χ1n) is 5.40. The molecular formula is C13H19NO. The van der Waals surface area contributed by atoms with Gasteiger partial charge in [0.1, 0.15) is 0 Å².